The highest BCUT2D eigenvalue weighted by Gasteiger charge is 2.24. The smallest absolute Gasteiger partial charge is 0.376 e. The normalized spacial score (nSPS) is 14.6. The first-order valence-corrected chi connectivity index (χ1v) is 9.40. The van der Waals surface area contributed by atoms with Gasteiger partial charge in [0, 0.05) is 38.6 Å². The lowest BCUT2D eigenvalue weighted by molar-refractivity contribution is 0.102. The Kier molecular flexibility index (Phi) is 5.54. The fourth-order valence-electron chi connectivity index (χ4n) is 3.30. The summed E-state index contributed by atoms with van der Waals surface area (Å²) >= 11 is 0. The summed E-state index contributed by atoms with van der Waals surface area (Å²) in [6.07, 6.45) is 7.94. The molecule has 0 spiro atoms. The SMILES string of the molecule is CB(O)N1CCN(c2ccncc2NC(=O)c2ccnc(-c3ccoc3)n2)CC1. The van der Waals surface area contributed by atoms with Gasteiger partial charge in [-0.3, -0.25) is 9.78 Å². The summed E-state index contributed by atoms with van der Waals surface area (Å²) in [6.45, 7) is 4.75. The van der Waals surface area contributed by atoms with Gasteiger partial charge >= 0.3 is 7.05 Å². The van der Waals surface area contributed by atoms with E-state index in [-0.39, 0.29) is 11.6 Å². The van der Waals surface area contributed by atoms with E-state index in [1.165, 1.54) is 12.5 Å². The molecule has 0 bridgehead atoms. The molecule has 1 aliphatic heterocycles. The molecule has 0 atom stereocenters. The number of carbonyl (C=O) groups is 1. The second-order valence-corrected chi connectivity index (χ2v) is 6.78. The van der Waals surface area contributed by atoms with Crippen molar-refractivity contribution >= 4 is 24.3 Å². The number of rotatable bonds is 5. The van der Waals surface area contributed by atoms with Crippen molar-refractivity contribution in [3.05, 3.63) is 55.0 Å². The maximum absolute atomic E-state index is 12.8. The first-order valence-electron chi connectivity index (χ1n) is 9.40. The molecule has 3 aromatic rings. The van der Waals surface area contributed by atoms with Crippen molar-refractivity contribution in [1.82, 2.24) is 19.8 Å². The van der Waals surface area contributed by atoms with E-state index in [1.807, 2.05) is 10.9 Å². The molecule has 3 aromatic heterocycles. The van der Waals surface area contributed by atoms with Gasteiger partial charge in [-0.15, -0.1) is 0 Å². The Balaban J connectivity index is 1.51. The van der Waals surface area contributed by atoms with Gasteiger partial charge in [-0.05, 0) is 25.0 Å². The lowest BCUT2D eigenvalue weighted by atomic mass is 9.84. The molecule has 1 saturated heterocycles. The molecule has 148 valence electrons. The Hall–Kier alpha value is -3.24. The second kappa shape index (κ2) is 8.42. The van der Waals surface area contributed by atoms with Crippen molar-refractivity contribution in [3.63, 3.8) is 0 Å². The Labute approximate surface area is 168 Å². The van der Waals surface area contributed by atoms with Crippen LogP contribution >= 0.6 is 0 Å². The zero-order valence-corrected chi connectivity index (χ0v) is 16.0. The van der Waals surface area contributed by atoms with Crippen LogP contribution in [0.3, 0.4) is 0 Å². The Morgan fingerprint density at radius 1 is 1.21 bits per heavy atom. The topological polar surface area (TPSA) is 108 Å². The standard InChI is InChI=1S/C19H21BN6O3/c1-20(28)26-9-7-25(8-10-26)17-3-5-21-12-16(17)24-19(27)15-2-6-22-18(23-15)14-4-11-29-13-14/h2-6,11-13,28H,7-10H2,1H3,(H,24,27). The van der Waals surface area contributed by atoms with Crippen molar-refractivity contribution in [1.29, 1.82) is 0 Å². The fraction of sp³-hybridized carbons (Fsp3) is 0.263. The van der Waals surface area contributed by atoms with Gasteiger partial charge in [-0.25, -0.2) is 9.97 Å². The number of piperazine rings is 1. The maximum atomic E-state index is 12.8. The summed E-state index contributed by atoms with van der Waals surface area (Å²) in [7, 11) is -0.462. The van der Waals surface area contributed by atoms with E-state index >= 15 is 0 Å². The summed E-state index contributed by atoms with van der Waals surface area (Å²) in [5.74, 6) is 0.0843. The first-order chi connectivity index (χ1) is 14.1. The van der Waals surface area contributed by atoms with Crippen LogP contribution in [0.15, 0.2) is 53.7 Å². The lowest BCUT2D eigenvalue weighted by Gasteiger charge is -2.37. The summed E-state index contributed by atoms with van der Waals surface area (Å²) in [5, 5.41) is 12.7. The van der Waals surface area contributed by atoms with Gasteiger partial charge in [0.2, 0.25) is 0 Å². The number of pyridine rings is 1. The number of nitrogens with one attached hydrogen (secondary N) is 1. The molecule has 9 nitrogen and oxygen atoms in total. The van der Waals surface area contributed by atoms with Gasteiger partial charge in [0.1, 0.15) is 12.0 Å². The molecule has 10 heteroatoms. The molecular formula is C19H21BN6O3. The van der Waals surface area contributed by atoms with Crippen LogP contribution in [0.4, 0.5) is 11.4 Å². The minimum Gasteiger partial charge on any atom is -0.472 e. The van der Waals surface area contributed by atoms with Gasteiger partial charge in [0.05, 0.1) is 29.4 Å². The van der Waals surface area contributed by atoms with Gasteiger partial charge in [0.25, 0.3) is 5.91 Å². The third-order valence-electron chi connectivity index (χ3n) is 4.90. The van der Waals surface area contributed by atoms with E-state index in [9.17, 15) is 9.82 Å². The molecule has 4 rings (SSSR count). The predicted octanol–water partition coefficient (Wildman–Crippen LogP) is 1.62. The minimum atomic E-state index is -0.462. The number of hydrogen-bond donors (Lipinski definition) is 2. The molecule has 1 amide bonds. The third-order valence-corrected chi connectivity index (χ3v) is 4.90. The fourth-order valence-corrected chi connectivity index (χ4v) is 3.30. The Morgan fingerprint density at radius 2 is 2.03 bits per heavy atom. The zero-order valence-electron chi connectivity index (χ0n) is 16.0. The van der Waals surface area contributed by atoms with E-state index in [1.54, 1.807) is 37.5 Å². The maximum Gasteiger partial charge on any atom is 0.376 e. The quantitative estimate of drug-likeness (QED) is 0.631. The van der Waals surface area contributed by atoms with Crippen LogP contribution in [0.2, 0.25) is 6.82 Å². The summed E-state index contributed by atoms with van der Waals surface area (Å²) < 4.78 is 5.06. The minimum absolute atomic E-state index is 0.255. The van der Waals surface area contributed by atoms with E-state index in [2.05, 4.69) is 25.2 Å². The number of aromatic nitrogens is 3. The van der Waals surface area contributed by atoms with Crippen LogP contribution in [0.5, 0.6) is 0 Å². The molecule has 1 fully saturated rings. The monoisotopic (exact) mass is 392 g/mol. The molecule has 0 aliphatic carbocycles. The molecule has 29 heavy (non-hydrogen) atoms. The molecule has 0 aromatic carbocycles. The molecule has 2 N–H and O–H groups in total. The zero-order chi connectivity index (χ0) is 20.2. The van der Waals surface area contributed by atoms with E-state index in [4.69, 9.17) is 4.42 Å². The van der Waals surface area contributed by atoms with Crippen molar-refractivity contribution < 1.29 is 14.2 Å². The van der Waals surface area contributed by atoms with Crippen molar-refractivity contribution in [2.75, 3.05) is 36.4 Å². The highest BCUT2D eigenvalue weighted by atomic mass is 16.3. The van der Waals surface area contributed by atoms with E-state index < -0.39 is 7.05 Å². The summed E-state index contributed by atoms with van der Waals surface area (Å²) in [4.78, 5) is 29.7. The van der Waals surface area contributed by atoms with E-state index in [0.717, 1.165) is 31.9 Å². The number of nitrogens with zero attached hydrogens (tertiary/aromatic N) is 5. The Morgan fingerprint density at radius 3 is 2.76 bits per heavy atom. The second-order valence-electron chi connectivity index (χ2n) is 6.78. The third kappa shape index (κ3) is 4.28. The number of amides is 1. The van der Waals surface area contributed by atoms with Gasteiger partial charge in [-0.2, -0.15) is 0 Å². The molecule has 4 heterocycles. The molecule has 0 radical (unpaired) electrons. The first kappa shape index (κ1) is 19.1. The lowest BCUT2D eigenvalue weighted by Crippen LogP contribution is -2.51. The van der Waals surface area contributed by atoms with Crippen LogP contribution in [-0.2, 0) is 0 Å². The van der Waals surface area contributed by atoms with Crippen LogP contribution in [0, 0.1) is 0 Å². The number of hydrogen-bond acceptors (Lipinski definition) is 8. The van der Waals surface area contributed by atoms with Gasteiger partial charge in [0.15, 0.2) is 5.82 Å². The van der Waals surface area contributed by atoms with Gasteiger partial charge in [-0.1, -0.05) is 0 Å². The van der Waals surface area contributed by atoms with Crippen LogP contribution in [-0.4, -0.2) is 63.9 Å². The molecule has 1 aliphatic rings. The number of carbonyl (C=O) groups excluding carboxylic acids is 1. The highest BCUT2D eigenvalue weighted by molar-refractivity contribution is 6.45. The van der Waals surface area contributed by atoms with Crippen LogP contribution < -0.4 is 10.2 Å². The largest absolute Gasteiger partial charge is 0.472 e. The summed E-state index contributed by atoms with van der Waals surface area (Å²) in [5.41, 5.74) is 2.47. The van der Waals surface area contributed by atoms with Crippen LogP contribution in [0.1, 0.15) is 10.5 Å². The molecule has 0 unspecified atom stereocenters. The average molecular weight is 392 g/mol. The van der Waals surface area contributed by atoms with Gasteiger partial charge < -0.3 is 24.5 Å². The highest BCUT2D eigenvalue weighted by Crippen LogP contribution is 2.26. The van der Waals surface area contributed by atoms with Crippen LogP contribution in [0.25, 0.3) is 11.4 Å². The summed E-state index contributed by atoms with van der Waals surface area (Å²) in [6, 6.07) is 5.18. The van der Waals surface area contributed by atoms with Crippen molar-refractivity contribution in [2.45, 2.75) is 6.82 Å². The average Bonchev–Trinajstić information content (AvgIpc) is 3.29. The number of anilines is 2. The molecule has 0 saturated carbocycles. The van der Waals surface area contributed by atoms with E-state index in [0.29, 0.717) is 17.1 Å². The number of furan rings is 1. The van der Waals surface area contributed by atoms with Crippen molar-refractivity contribution in [3.8, 4) is 11.4 Å². The predicted molar refractivity (Wildman–Crippen MR) is 110 cm³/mol. The molecular weight excluding hydrogens is 371 g/mol. The Bertz CT molecular complexity index is 974. The van der Waals surface area contributed by atoms with Crippen molar-refractivity contribution in [2.24, 2.45) is 0 Å².